The predicted octanol–water partition coefficient (Wildman–Crippen LogP) is 5.16. The first-order chi connectivity index (χ1) is 11.7. The van der Waals surface area contributed by atoms with E-state index in [2.05, 4.69) is 35.6 Å². The Kier molecular flexibility index (Phi) is 9.60. The van der Waals surface area contributed by atoms with Crippen LogP contribution in [0.4, 0.5) is 0 Å². The monoisotopic (exact) mass is 446 g/mol. The Balaban J connectivity index is 3.11. The van der Waals surface area contributed by atoms with Crippen molar-refractivity contribution in [2.45, 2.75) is 62.5 Å². The molecule has 0 aliphatic carbocycles. The van der Waals surface area contributed by atoms with E-state index in [-0.39, 0.29) is 17.1 Å². The van der Waals surface area contributed by atoms with Crippen molar-refractivity contribution in [3.63, 3.8) is 0 Å². The number of hydrogen-bond acceptors (Lipinski definition) is 3. The molecule has 6 heteroatoms. The van der Waals surface area contributed by atoms with Crippen LogP contribution in [0.3, 0.4) is 0 Å². The smallest absolute Gasteiger partial charge is 0.306 e. The van der Waals surface area contributed by atoms with Crippen molar-refractivity contribution < 1.29 is 13.7 Å². The molecule has 25 heavy (non-hydrogen) atoms. The van der Waals surface area contributed by atoms with Gasteiger partial charge < -0.3 is 4.74 Å². The summed E-state index contributed by atoms with van der Waals surface area (Å²) in [7, 11) is -2.57. The molecule has 0 heterocycles. The highest BCUT2D eigenvalue weighted by atomic mass is 79.9. The first-order valence-electron chi connectivity index (χ1n) is 8.86. The van der Waals surface area contributed by atoms with E-state index in [1.54, 1.807) is 0 Å². The molecule has 0 fully saturated rings. The SMILES string of the molecule is CCOC(=O)CC(CCBr)[C@H](C[Si](C)(C)C)[S@@](=O)c1ccc(C)cc1. The molecule has 0 amide bonds. The number of carbonyl (C=O) groups excluding carboxylic acids is 1. The average Bonchev–Trinajstić information content (AvgIpc) is 2.52. The third kappa shape index (κ3) is 8.18. The van der Waals surface area contributed by atoms with Gasteiger partial charge in [-0.2, -0.15) is 0 Å². The largest absolute Gasteiger partial charge is 0.466 e. The van der Waals surface area contributed by atoms with E-state index in [1.165, 1.54) is 0 Å². The summed E-state index contributed by atoms with van der Waals surface area (Å²) in [5.74, 6) is -0.123. The highest BCUT2D eigenvalue weighted by Crippen LogP contribution is 2.31. The van der Waals surface area contributed by atoms with Crippen molar-refractivity contribution in [2.24, 2.45) is 5.92 Å². The van der Waals surface area contributed by atoms with Gasteiger partial charge in [0.25, 0.3) is 0 Å². The van der Waals surface area contributed by atoms with Crippen molar-refractivity contribution in [3.8, 4) is 0 Å². The Labute approximate surface area is 164 Å². The minimum Gasteiger partial charge on any atom is -0.466 e. The molecule has 142 valence electrons. The fourth-order valence-corrected chi connectivity index (χ4v) is 8.43. The number of hydrogen-bond donors (Lipinski definition) is 0. The molecule has 1 aromatic rings. The van der Waals surface area contributed by atoms with Gasteiger partial charge in [-0.3, -0.25) is 9.00 Å². The predicted molar refractivity (Wildman–Crippen MR) is 113 cm³/mol. The second kappa shape index (κ2) is 10.6. The van der Waals surface area contributed by atoms with Crippen LogP contribution in [0, 0.1) is 12.8 Å². The van der Waals surface area contributed by atoms with E-state index in [4.69, 9.17) is 4.74 Å². The molecule has 0 bridgehead atoms. The zero-order valence-corrected chi connectivity index (χ0v) is 19.4. The summed E-state index contributed by atoms with van der Waals surface area (Å²) in [6, 6.07) is 8.86. The van der Waals surface area contributed by atoms with Crippen molar-refractivity contribution in [3.05, 3.63) is 29.8 Å². The van der Waals surface area contributed by atoms with Crippen molar-refractivity contribution >= 4 is 40.8 Å². The molecule has 0 saturated carbocycles. The lowest BCUT2D eigenvalue weighted by atomic mass is 9.99. The van der Waals surface area contributed by atoms with Gasteiger partial charge in [-0.1, -0.05) is 53.3 Å². The number of esters is 1. The Bertz CT molecular complexity index is 569. The summed E-state index contributed by atoms with van der Waals surface area (Å²) in [6.45, 7) is 11.1. The fourth-order valence-electron chi connectivity index (χ4n) is 2.86. The molecule has 1 rings (SSSR count). The van der Waals surface area contributed by atoms with Crippen molar-refractivity contribution in [1.82, 2.24) is 0 Å². The zero-order valence-electron chi connectivity index (χ0n) is 16.0. The molecule has 0 aliphatic rings. The summed E-state index contributed by atoms with van der Waals surface area (Å²) >= 11 is 3.50. The maximum Gasteiger partial charge on any atom is 0.306 e. The number of benzene rings is 1. The highest BCUT2D eigenvalue weighted by Gasteiger charge is 2.33. The van der Waals surface area contributed by atoms with Crippen molar-refractivity contribution in [2.75, 3.05) is 11.9 Å². The summed E-state index contributed by atoms with van der Waals surface area (Å²) in [4.78, 5) is 12.9. The van der Waals surface area contributed by atoms with Gasteiger partial charge in [-0.25, -0.2) is 0 Å². The molecule has 1 aromatic carbocycles. The molecule has 0 aliphatic heterocycles. The third-order valence-corrected chi connectivity index (χ3v) is 8.34. The van der Waals surface area contributed by atoms with Gasteiger partial charge in [0.15, 0.2) is 0 Å². The molecular weight excluding hydrogens is 416 g/mol. The van der Waals surface area contributed by atoms with Crippen LogP contribution in [0.5, 0.6) is 0 Å². The number of rotatable bonds is 10. The van der Waals surface area contributed by atoms with Gasteiger partial charge in [0.2, 0.25) is 0 Å². The molecule has 0 spiro atoms. The maximum atomic E-state index is 13.4. The number of ether oxygens (including phenoxy) is 1. The van der Waals surface area contributed by atoms with Gasteiger partial charge in [-0.15, -0.1) is 0 Å². The van der Waals surface area contributed by atoms with E-state index in [0.29, 0.717) is 13.0 Å². The van der Waals surface area contributed by atoms with E-state index in [9.17, 15) is 9.00 Å². The first kappa shape index (κ1) is 22.6. The van der Waals surface area contributed by atoms with Gasteiger partial charge in [-0.05, 0) is 44.4 Å². The van der Waals surface area contributed by atoms with Crippen LogP contribution < -0.4 is 0 Å². The Morgan fingerprint density at radius 1 is 1.24 bits per heavy atom. The number of alkyl halides is 1. The Morgan fingerprint density at radius 3 is 2.32 bits per heavy atom. The van der Waals surface area contributed by atoms with E-state index in [1.807, 2.05) is 38.1 Å². The highest BCUT2D eigenvalue weighted by molar-refractivity contribution is 9.09. The maximum absolute atomic E-state index is 13.4. The van der Waals surface area contributed by atoms with E-state index in [0.717, 1.165) is 28.3 Å². The van der Waals surface area contributed by atoms with Crippen molar-refractivity contribution in [1.29, 1.82) is 0 Å². The summed E-state index contributed by atoms with van der Waals surface area (Å²) < 4.78 is 18.5. The molecule has 1 unspecified atom stereocenters. The Hall–Kier alpha value is -0.463. The van der Waals surface area contributed by atoms with E-state index < -0.39 is 18.9 Å². The molecular formula is C19H31BrO3SSi. The standard InChI is InChI=1S/C19H31BrO3SSi/c1-6-23-19(21)13-16(11-12-20)18(14-25(3,4)5)24(22)17-9-7-15(2)8-10-17/h7-10,16,18H,6,11-14H2,1-5H3/t16?,18-,24-/m0/s1. The number of aryl methyl sites for hydroxylation is 1. The van der Waals surface area contributed by atoms with Gasteiger partial charge in [0.05, 0.1) is 17.4 Å². The van der Waals surface area contributed by atoms with Gasteiger partial charge in [0, 0.05) is 30.0 Å². The summed E-state index contributed by atoms with van der Waals surface area (Å²) in [5.41, 5.74) is 1.16. The molecule has 0 saturated heterocycles. The summed E-state index contributed by atoms with van der Waals surface area (Å²) in [6.07, 6.45) is 1.16. The molecule has 3 atom stereocenters. The second-order valence-corrected chi connectivity index (χ2v) is 15.7. The topological polar surface area (TPSA) is 43.4 Å². The number of halogens is 1. The zero-order chi connectivity index (χ0) is 19.0. The molecule has 0 N–H and O–H groups in total. The van der Waals surface area contributed by atoms with Gasteiger partial charge >= 0.3 is 5.97 Å². The van der Waals surface area contributed by atoms with Gasteiger partial charge in [0.1, 0.15) is 0 Å². The lowest BCUT2D eigenvalue weighted by molar-refractivity contribution is -0.144. The average molecular weight is 448 g/mol. The van der Waals surface area contributed by atoms with Crippen LogP contribution in [0.25, 0.3) is 0 Å². The second-order valence-electron chi connectivity index (χ2n) is 7.66. The quantitative estimate of drug-likeness (QED) is 0.283. The van der Waals surface area contributed by atoms with Crippen LogP contribution in [0.1, 0.15) is 25.3 Å². The fraction of sp³-hybridized carbons (Fsp3) is 0.632. The van der Waals surface area contributed by atoms with Crippen LogP contribution in [-0.4, -0.2) is 35.4 Å². The van der Waals surface area contributed by atoms with E-state index >= 15 is 0 Å². The van der Waals surface area contributed by atoms with Crippen LogP contribution in [0.2, 0.25) is 25.7 Å². The van der Waals surface area contributed by atoms with Crippen LogP contribution >= 0.6 is 15.9 Å². The minimum atomic E-state index is -1.45. The first-order valence-corrected chi connectivity index (χ1v) is 14.9. The van der Waals surface area contributed by atoms with Crippen LogP contribution in [-0.2, 0) is 20.3 Å². The number of carbonyl (C=O) groups is 1. The van der Waals surface area contributed by atoms with Crippen LogP contribution in [0.15, 0.2) is 29.2 Å². The minimum absolute atomic E-state index is 0.0173. The third-order valence-electron chi connectivity index (χ3n) is 4.08. The lowest BCUT2D eigenvalue weighted by Crippen LogP contribution is -2.36. The normalized spacial score (nSPS) is 15.4. The lowest BCUT2D eigenvalue weighted by Gasteiger charge is -2.30. The molecule has 0 aromatic heterocycles. The molecule has 3 nitrogen and oxygen atoms in total. The molecule has 0 radical (unpaired) electrons. The Morgan fingerprint density at radius 2 is 1.84 bits per heavy atom. The summed E-state index contributed by atoms with van der Waals surface area (Å²) in [5, 5.41) is 0.779.